The molecule has 0 aliphatic rings. The number of aromatic carboxylic acids is 1. The Morgan fingerprint density at radius 2 is 2.06 bits per heavy atom. The van der Waals surface area contributed by atoms with E-state index in [2.05, 4.69) is 5.32 Å². The number of carboxylic acid groups (broad SMARTS) is 1. The van der Waals surface area contributed by atoms with Crippen LogP contribution in [-0.2, 0) is 0 Å². The van der Waals surface area contributed by atoms with Gasteiger partial charge >= 0.3 is 5.97 Å². The van der Waals surface area contributed by atoms with Gasteiger partial charge in [-0.3, -0.25) is 4.79 Å². The van der Waals surface area contributed by atoms with Crippen molar-refractivity contribution in [3.05, 3.63) is 51.2 Å². The number of carboxylic acids is 1. The molecule has 0 aliphatic carbocycles. The van der Waals surface area contributed by atoms with Crippen LogP contribution in [0.4, 0.5) is 5.69 Å². The maximum absolute atomic E-state index is 11.9. The second-order valence-electron chi connectivity index (χ2n) is 3.43. The predicted molar refractivity (Wildman–Crippen MR) is 70.7 cm³/mol. The molecule has 0 bridgehead atoms. The van der Waals surface area contributed by atoms with E-state index in [1.165, 1.54) is 6.07 Å². The van der Waals surface area contributed by atoms with Gasteiger partial charge < -0.3 is 10.4 Å². The van der Waals surface area contributed by atoms with Crippen LogP contribution < -0.4 is 5.32 Å². The Labute approximate surface area is 112 Å². The van der Waals surface area contributed by atoms with Gasteiger partial charge in [-0.2, -0.15) is 0 Å². The lowest BCUT2D eigenvalue weighted by Gasteiger charge is -2.04. The van der Waals surface area contributed by atoms with Crippen molar-refractivity contribution in [3.63, 3.8) is 0 Å². The highest BCUT2D eigenvalue weighted by molar-refractivity contribution is 7.12. The molecule has 0 saturated heterocycles. The minimum atomic E-state index is -1.06. The van der Waals surface area contributed by atoms with E-state index in [1.54, 1.807) is 29.6 Å². The molecular formula is C12H8ClNO3S. The predicted octanol–water partition coefficient (Wildman–Crippen LogP) is 3.35. The maximum atomic E-state index is 11.9. The highest BCUT2D eigenvalue weighted by Gasteiger charge is 2.14. The molecule has 0 atom stereocenters. The van der Waals surface area contributed by atoms with Crippen molar-refractivity contribution in [1.82, 2.24) is 0 Å². The van der Waals surface area contributed by atoms with E-state index in [0.717, 1.165) is 11.3 Å². The smallest absolute Gasteiger partial charge is 0.348 e. The number of halogens is 1. The van der Waals surface area contributed by atoms with E-state index in [0.29, 0.717) is 10.6 Å². The molecule has 0 unspecified atom stereocenters. The number of rotatable bonds is 3. The van der Waals surface area contributed by atoms with Gasteiger partial charge in [-0.25, -0.2) is 4.79 Å². The fraction of sp³-hybridized carbons (Fsp3) is 0. The first-order valence-electron chi connectivity index (χ1n) is 4.95. The van der Waals surface area contributed by atoms with E-state index in [9.17, 15) is 9.59 Å². The molecule has 0 fully saturated rings. The zero-order valence-corrected chi connectivity index (χ0v) is 10.6. The van der Waals surface area contributed by atoms with Crippen molar-refractivity contribution in [3.8, 4) is 0 Å². The third kappa shape index (κ3) is 2.69. The topological polar surface area (TPSA) is 66.4 Å². The van der Waals surface area contributed by atoms with Crippen LogP contribution in [0.15, 0.2) is 35.7 Å². The standard InChI is InChI=1S/C12H8ClNO3S/c13-8-3-1-2-7(6-8)11(15)14-9-4-5-18-10(9)12(16)17/h1-6H,(H,14,15)(H,16,17). The van der Waals surface area contributed by atoms with Crippen LogP contribution in [0.1, 0.15) is 20.0 Å². The minimum absolute atomic E-state index is 0.102. The van der Waals surface area contributed by atoms with Gasteiger partial charge in [0.15, 0.2) is 0 Å². The first-order chi connectivity index (χ1) is 8.58. The molecule has 1 aromatic carbocycles. The van der Waals surface area contributed by atoms with Gasteiger partial charge in [0.05, 0.1) is 5.69 Å². The summed E-state index contributed by atoms with van der Waals surface area (Å²) < 4.78 is 0. The molecular weight excluding hydrogens is 274 g/mol. The third-order valence-corrected chi connectivity index (χ3v) is 3.33. The fourth-order valence-electron chi connectivity index (χ4n) is 1.40. The largest absolute Gasteiger partial charge is 0.477 e. The Morgan fingerprint density at radius 3 is 2.72 bits per heavy atom. The number of carbonyl (C=O) groups excluding carboxylic acids is 1. The van der Waals surface area contributed by atoms with E-state index < -0.39 is 11.9 Å². The van der Waals surface area contributed by atoms with E-state index in [1.807, 2.05) is 0 Å². The first kappa shape index (κ1) is 12.6. The molecule has 0 saturated carbocycles. The van der Waals surface area contributed by atoms with E-state index >= 15 is 0 Å². The zero-order valence-electron chi connectivity index (χ0n) is 9.01. The number of nitrogens with one attached hydrogen (secondary N) is 1. The molecule has 0 spiro atoms. The summed E-state index contributed by atoms with van der Waals surface area (Å²) in [6, 6.07) is 7.99. The van der Waals surface area contributed by atoms with Gasteiger partial charge in [-0.1, -0.05) is 17.7 Å². The molecule has 18 heavy (non-hydrogen) atoms. The summed E-state index contributed by atoms with van der Waals surface area (Å²) in [5.41, 5.74) is 0.669. The number of amides is 1. The van der Waals surface area contributed by atoms with Gasteiger partial charge in [-0.15, -0.1) is 11.3 Å². The van der Waals surface area contributed by atoms with E-state index in [4.69, 9.17) is 16.7 Å². The maximum Gasteiger partial charge on any atom is 0.348 e. The summed E-state index contributed by atoms with van der Waals surface area (Å²) in [4.78, 5) is 22.9. The molecule has 1 aromatic heterocycles. The Balaban J connectivity index is 2.21. The molecule has 2 aromatic rings. The van der Waals surface area contributed by atoms with E-state index in [-0.39, 0.29) is 10.6 Å². The molecule has 2 rings (SSSR count). The molecule has 1 amide bonds. The van der Waals surface area contributed by atoms with Gasteiger partial charge in [0.2, 0.25) is 0 Å². The number of thiophene rings is 1. The lowest BCUT2D eigenvalue weighted by atomic mass is 10.2. The molecule has 92 valence electrons. The van der Waals surface area contributed by atoms with Crippen LogP contribution in [0.2, 0.25) is 5.02 Å². The van der Waals surface area contributed by atoms with Crippen LogP contribution in [-0.4, -0.2) is 17.0 Å². The van der Waals surface area contributed by atoms with Crippen molar-refractivity contribution in [2.75, 3.05) is 5.32 Å². The average Bonchev–Trinajstić information content (AvgIpc) is 2.77. The Hall–Kier alpha value is -1.85. The molecule has 2 N–H and O–H groups in total. The second kappa shape index (κ2) is 5.20. The monoisotopic (exact) mass is 281 g/mol. The quantitative estimate of drug-likeness (QED) is 0.906. The van der Waals surface area contributed by atoms with Crippen LogP contribution >= 0.6 is 22.9 Å². The van der Waals surface area contributed by atoms with Crippen molar-refractivity contribution in [1.29, 1.82) is 0 Å². The number of carbonyl (C=O) groups is 2. The van der Waals surface area contributed by atoms with Crippen molar-refractivity contribution in [2.24, 2.45) is 0 Å². The van der Waals surface area contributed by atoms with Crippen LogP contribution in [0.5, 0.6) is 0 Å². The highest BCUT2D eigenvalue weighted by Crippen LogP contribution is 2.23. The Bertz CT molecular complexity index is 609. The summed E-state index contributed by atoms with van der Waals surface area (Å²) in [5.74, 6) is -1.45. The van der Waals surface area contributed by atoms with Gasteiger partial charge in [0, 0.05) is 10.6 Å². The Morgan fingerprint density at radius 1 is 1.28 bits per heavy atom. The number of hydrogen-bond acceptors (Lipinski definition) is 3. The number of hydrogen-bond donors (Lipinski definition) is 2. The number of anilines is 1. The first-order valence-corrected chi connectivity index (χ1v) is 6.21. The molecule has 4 nitrogen and oxygen atoms in total. The molecule has 0 radical (unpaired) electrons. The summed E-state index contributed by atoms with van der Waals surface area (Å²) in [6.07, 6.45) is 0. The Kier molecular flexibility index (Phi) is 3.64. The molecule has 0 aliphatic heterocycles. The number of benzene rings is 1. The van der Waals surface area contributed by atoms with Crippen molar-refractivity contribution >= 4 is 40.5 Å². The van der Waals surface area contributed by atoms with Crippen LogP contribution in [0, 0.1) is 0 Å². The van der Waals surface area contributed by atoms with Gasteiger partial charge in [0.25, 0.3) is 5.91 Å². The highest BCUT2D eigenvalue weighted by atomic mass is 35.5. The second-order valence-corrected chi connectivity index (χ2v) is 4.79. The normalized spacial score (nSPS) is 10.1. The average molecular weight is 282 g/mol. The van der Waals surface area contributed by atoms with Gasteiger partial charge in [-0.05, 0) is 29.6 Å². The molecule has 1 heterocycles. The summed E-state index contributed by atoms with van der Waals surface area (Å²) in [5, 5.41) is 13.5. The zero-order chi connectivity index (χ0) is 13.1. The SMILES string of the molecule is O=C(Nc1ccsc1C(=O)O)c1cccc(Cl)c1. The fourth-order valence-corrected chi connectivity index (χ4v) is 2.27. The van der Waals surface area contributed by atoms with Gasteiger partial charge in [0.1, 0.15) is 4.88 Å². The lowest BCUT2D eigenvalue weighted by Crippen LogP contribution is -2.13. The summed E-state index contributed by atoms with van der Waals surface area (Å²) in [6.45, 7) is 0. The van der Waals surface area contributed by atoms with Crippen molar-refractivity contribution < 1.29 is 14.7 Å². The lowest BCUT2D eigenvalue weighted by molar-refractivity contribution is 0.0703. The summed E-state index contributed by atoms with van der Waals surface area (Å²) >= 11 is 6.84. The van der Waals surface area contributed by atoms with Crippen LogP contribution in [0.25, 0.3) is 0 Å². The molecule has 6 heteroatoms. The minimum Gasteiger partial charge on any atom is -0.477 e. The third-order valence-electron chi connectivity index (χ3n) is 2.19. The van der Waals surface area contributed by atoms with Crippen LogP contribution in [0.3, 0.4) is 0 Å². The summed E-state index contributed by atoms with van der Waals surface area (Å²) in [7, 11) is 0. The van der Waals surface area contributed by atoms with Crippen molar-refractivity contribution in [2.45, 2.75) is 0 Å².